The van der Waals surface area contributed by atoms with Gasteiger partial charge < -0.3 is 78.4 Å². The first-order valence-electron chi connectivity index (χ1n) is 45.7. The molecule has 678 valence electrons. The summed E-state index contributed by atoms with van der Waals surface area (Å²) >= 11 is 0. The summed E-state index contributed by atoms with van der Waals surface area (Å²) in [4.78, 5) is 12.4. The minimum Gasteiger partial charge on any atom is -0.478 e. The highest BCUT2D eigenvalue weighted by Crippen LogP contribution is 2.39. The van der Waals surface area contributed by atoms with Crippen molar-refractivity contribution in [3.63, 3.8) is 0 Å². The summed E-state index contributed by atoms with van der Waals surface area (Å²) in [5, 5.41) is 40.1. The normalized spacial score (nSPS) is 13.9. The molecule has 0 atom stereocenters. The Morgan fingerprint density at radius 3 is 0.939 bits per heavy atom. The number of fused-ring (bicyclic) bond motifs is 21. The van der Waals surface area contributed by atoms with Gasteiger partial charge in [-0.25, -0.2) is 31.6 Å². The van der Waals surface area contributed by atoms with Crippen molar-refractivity contribution in [3.8, 4) is 41.2 Å². The molecule has 24 rings (SSSR count). The molecule has 17 aromatic rings. The van der Waals surface area contributed by atoms with Crippen LogP contribution in [0.2, 0.25) is 0 Å². The minimum atomic E-state index is -0.0363. The Balaban J connectivity index is 0.000000103. The molecule has 17 heterocycles. The van der Waals surface area contributed by atoms with Crippen molar-refractivity contribution in [2.45, 2.75) is 181 Å². The van der Waals surface area contributed by atoms with Crippen molar-refractivity contribution in [1.82, 2.24) is 82.3 Å². The van der Waals surface area contributed by atoms with Gasteiger partial charge in [-0.2, -0.15) is 0 Å². The second kappa shape index (κ2) is 39.2. The lowest BCUT2D eigenvalue weighted by molar-refractivity contribution is 0.197. The predicted octanol–water partition coefficient (Wildman–Crippen LogP) is 13.5. The van der Waals surface area contributed by atoms with E-state index in [1.165, 1.54) is 129 Å². The highest BCUT2D eigenvalue weighted by atomic mass is 16.5. The first-order valence-corrected chi connectivity index (χ1v) is 45.7. The van der Waals surface area contributed by atoms with E-state index in [0.29, 0.717) is 107 Å². The van der Waals surface area contributed by atoms with Gasteiger partial charge in [0.25, 0.3) is 41.2 Å². The molecule has 0 bridgehead atoms. The molecule has 0 amide bonds. The molecule has 0 radical (unpaired) electrons. The highest BCUT2D eigenvalue weighted by molar-refractivity contribution is 5.80. The maximum absolute atomic E-state index is 8.75. The van der Waals surface area contributed by atoms with Crippen molar-refractivity contribution in [3.05, 3.63) is 254 Å². The fourth-order valence-electron chi connectivity index (χ4n) is 18.7. The molecule has 32 heteroatoms. The molecule has 7 aliphatic carbocycles. The van der Waals surface area contributed by atoms with E-state index in [2.05, 4.69) is 93.1 Å². The number of aliphatic hydroxyl groups excluding tert-OH is 1. The highest BCUT2D eigenvalue weighted by Gasteiger charge is 2.28. The fourth-order valence-corrected chi connectivity index (χ4v) is 18.7. The Morgan fingerprint density at radius 2 is 0.626 bits per heavy atom. The van der Waals surface area contributed by atoms with Crippen molar-refractivity contribution >= 4 is 78.4 Å². The second-order valence-corrected chi connectivity index (χ2v) is 33.9. The third-order valence-corrected chi connectivity index (χ3v) is 25.2. The van der Waals surface area contributed by atoms with Gasteiger partial charge in [-0.15, -0.1) is 35.7 Å². The molecule has 0 saturated carbocycles. The van der Waals surface area contributed by atoms with Gasteiger partial charge in [0.1, 0.15) is 46.4 Å². The Hall–Kier alpha value is -14.6. The summed E-state index contributed by atoms with van der Waals surface area (Å²) in [5.41, 5.74) is 75.4. The first kappa shape index (κ1) is 87.1. The first-order chi connectivity index (χ1) is 64.1. The van der Waals surface area contributed by atoms with Crippen LogP contribution in [-0.2, 0) is 109 Å². The number of aryl methyl sites for hydroxylation is 14. The number of aromatic nitrogens is 17. The van der Waals surface area contributed by atoms with Gasteiger partial charge in [-0.3, -0.25) is 15.0 Å². The summed E-state index contributed by atoms with van der Waals surface area (Å²) in [6, 6.07) is 43.1. The van der Waals surface area contributed by atoms with Crippen molar-refractivity contribution in [2.75, 3.05) is 86.9 Å². The Bertz CT molecular complexity index is 6600. The van der Waals surface area contributed by atoms with Crippen LogP contribution in [0.1, 0.15) is 161 Å². The van der Waals surface area contributed by atoms with E-state index in [9.17, 15) is 0 Å². The molecule has 0 saturated heterocycles. The van der Waals surface area contributed by atoms with Crippen LogP contribution in [0.4, 0.5) is 39.8 Å². The summed E-state index contributed by atoms with van der Waals surface area (Å²) in [5.74, 6) is 3.65. The van der Waals surface area contributed by atoms with Crippen molar-refractivity contribution < 1.29 is 38.3 Å². The molecule has 15 N–H and O–H groups in total. The quantitative estimate of drug-likeness (QED) is 0.0351. The van der Waals surface area contributed by atoms with Gasteiger partial charge in [0, 0.05) is 95.8 Å². The molecule has 0 aromatic carbocycles. The number of nitrogen functional groups attached to an aromatic ring is 7. The number of pyridine rings is 10. The minimum absolute atomic E-state index is 0.0363. The van der Waals surface area contributed by atoms with Gasteiger partial charge in [0.05, 0.1) is 84.9 Å². The lowest BCUT2D eigenvalue weighted by Gasteiger charge is -2.05. The van der Waals surface area contributed by atoms with Crippen LogP contribution < -0.4 is 73.3 Å². The number of methoxy groups -OCH3 is 1. The lowest BCUT2D eigenvalue weighted by atomic mass is 10.2. The second-order valence-electron chi connectivity index (χ2n) is 33.9. The van der Waals surface area contributed by atoms with E-state index in [1.807, 2.05) is 144 Å². The molecule has 0 spiro atoms. The van der Waals surface area contributed by atoms with Crippen molar-refractivity contribution in [2.24, 2.45) is 0 Å². The van der Waals surface area contributed by atoms with E-state index in [-0.39, 0.29) is 19.3 Å². The van der Waals surface area contributed by atoms with Gasteiger partial charge >= 0.3 is 0 Å². The van der Waals surface area contributed by atoms with Crippen LogP contribution in [0.5, 0.6) is 41.2 Å². The predicted molar refractivity (Wildman–Crippen MR) is 508 cm³/mol. The molecule has 131 heavy (non-hydrogen) atoms. The van der Waals surface area contributed by atoms with Crippen LogP contribution in [0.25, 0.3) is 38.6 Å². The van der Waals surface area contributed by atoms with E-state index in [0.717, 1.165) is 159 Å². The van der Waals surface area contributed by atoms with Gasteiger partial charge in [-0.05, 0) is 278 Å². The average molecular weight is 1770 g/mol. The maximum Gasteiger partial charge on any atom is 0.257 e. The van der Waals surface area contributed by atoms with Gasteiger partial charge in [0.15, 0.2) is 0 Å². The van der Waals surface area contributed by atoms with E-state index in [1.54, 1.807) is 31.9 Å². The Morgan fingerprint density at radius 1 is 0.313 bits per heavy atom. The van der Waals surface area contributed by atoms with E-state index < -0.39 is 0 Å². The van der Waals surface area contributed by atoms with Crippen LogP contribution in [0.3, 0.4) is 0 Å². The SMILES string of the molecule is CC(C)Oc1nn2c3c(ccc2c1N)CCC3.CCOc1nn2c3c(ccc2c1N)CCC3.COc1nn2c3c(ccc2c1N)CCC3.Nc1c(OCCO)nn2c3c(ccc12)CCC3.Nc1c(OCCc2ccccn2)nn2c3c(ccc12)CCC3.Nc1c(OCCc2cccnc2)nn2c3c(ccc12)CCC3.Nc1c(OCCc2ccncc2)nn2c3c(ccc12)CCC3. The molecule has 17 aromatic heterocycles. The molecular formula is C99H114N24O8. The zero-order chi connectivity index (χ0) is 90.2. The number of hydrogen-bond acceptors (Lipinski definition) is 25. The summed E-state index contributed by atoms with van der Waals surface area (Å²) in [6.45, 7) is 8.29. The molecule has 0 fully saturated rings. The number of rotatable bonds is 20. The third kappa shape index (κ3) is 18.2. The standard InChI is InChI=1S/3C17H18N4O.C13H17N3O.C12H15N3O2.C12H15N3O.C11H13N3O/c18-16-15-7-6-13-4-1-5-14(13)21(15)20-17(16)22-10-8-12-3-2-9-19-11-12;18-16-15-8-7-12-4-3-6-14(12)21(15)20-17(16)22-11-9-13-5-1-2-10-19-13;18-16-15-5-4-13-2-1-3-14(13)21(15)20-17(16)22-11-8-12-6-9-19-10-7-12;1-8(2)17-13-12(14)11-7-6-9-4-3-5-10(9)16(11)15-13;13-11-10-5-4-8-2-1-3-9(8)15(10)14-12(11)17-7-6-16;1-2-16-12-11(13)10-7-6-8-4-3-5-9(8)15(10)14-12;1-15-11-10(12)9-6-5-7-3-2-4-8(7)14(9)13-11/h2-3,6-7,9,11H,1,4-5,8,10,18H2;1-2,5,7-8,10H,3-4,6,9,11,18H2;4-7,9-10H,1-3,8,11,18H2;6-8H,3-5,14H2,1-2H3;4-5,16H,1-3,6-7,13H2;6-7H,2-5,13H2,1H3;5-6H,2-4,12H2,1H3. The summed E-state index contributed by atoms with van der Waals surface area (Å²) in [6.07, 6.45) is 35.1. The lowest BCUT2D eigenvalue weighted by Crippen LogP contribution is -2.07. The van der Waals surface area contributed by atoms with Crippen LogP contribution >= 0.6 is 0 Å². The zero-order valence-electron chi connectivity index (χ0n) is 74.8. The van der Waals surface area contributed by atoms with Crippen LogP contribution in [-0.4, -0.2) is 140 Å². The molecule has 7 aliphatic rings. The number of hydrogen-bond donors (Lipinski definition) is 8. The van der Waals surface area contributed by atoms with Crippen LogP contribution in [0.15, 0.2) is 158 Å². The third-order valence-electron chi connectivity index (χ3n) is 25.2. The smallest absolute Gasteiger partial charge is 0.257 e. The number of nitrogens with zero attached hydrogens (tertiary/aromatic N) is 17. The number of ether oxygens (including phenoxy) is 7. The number of anilines is 7. The fraction of sp³-hybridized carbons (Fsp3) is 0.354. The molecule has 32 nitrogen and oxygen atoms in total. The number of aliphatic hydroxyl groups is 1. The van der Waals surface area contributed by atoms with E-state index >= 15 is 0 Å². The van der Waals surface area contributed by atoms with E-state index in [4.69, 9.17) is 78.4 Å². The average Bonchev–Trinajstić information content (AvgIpc) is 1.66. The van der Waals surface area contributed by atoms with Gasteiger partial charge in [-0.1, -0.05) is 54.6 Å². The molecule has 0 unspecified atom stereocenters. The Labute approximate surface area is 757 Å². The summed E-state index contributed by atoms with van der Waals surface area (Å²) in [7, 11) is 1.60. The monoisotopic (exact) mass is 1770 g/mol. The number of nitrogens with two attached hydrogens (primary N) is 7. The van der Waals surface area contributed by atoms with Crippen molar-refractivity contribution in [1.29, 1.82) is 0 Å². The maximum atomic E-state index is 8.75. The Kier molecular flexibility index (Phi) is 26.1. The van der Waals surface area contributed by atoms with Gasteiger partial charge in [0.2, 0.25) is 0 Å². The molecule has 0 aliphatic heterocycles. The topological polar surface area (TPSA) is 427 Å². The zero-order valence-corrected chi connectivity index (χ0v) is 74.8. The summed E-state index contributed by atoms with van der Waals surface area (Å²) < 4.78 is 52.5. The molecular weight excluding hydrogens is 1650 g/mol. The largest absolute Gasteiger partial charge is 0.478 e. The van der Waals surface area contributed by atoms with Crippen LogP contribution in [0, 0.1) is 0 Å².